The van der Waals surface area contributed by atoms with Gasteiger partial charge in [-0.2, -0.15) is 0 Å². The highest BCUT2D eigenvalue weighted by atomic mass is 16.5. The Labute approximate surface area is 167 Å². The highest BCUT2D eigenvalue weighted by Crippen LogP contribution is 2.16. The maximum Gasteiger partial charge on any atom is 0.191 e. The number of guanidine groups is 1. The number of aromatic nitrogens is 1. The van der Waals surface area contributed by atoms with Gasteiger partial charge in [0.15, 0.2) is 5.96 Å². The second-order valence-electron chi connectivity index (χ2n) is 6.36. The fourth-order valence-corrected chi connectivity index (χ4v) is 2.85. The van der Waals surface area contributed by atoms with Crippen LogP contribution in [0.15, 0.2) is 33.8 Å². The van der Waals surface area contributed by atoms with Crippen LogP contribution < -0.4 is 15.4 Å². The van der Waals surface area contributed by atoms with Crippen molar-refractivity contribution in [2.24, 2.45) is 4.99 Å². The summed E-state index contributed by atoms with van der Waals surface area (Å²) in [5.74, 6) is 2.53. The van der Waals surface area contributed by atoms with Gasteiger partial charge in [0.05, 0.1) is 12.3 Å². The summed E-state index contributed by atoms with van der Waals surface area (Å²) in [6.07, 6.45) is 2.55. The monoisotopic (exact) mass is 388 g/mol. The van der Waals surface area contributed by atoms with Crippen LogP contribution in [0.4, 0.5) is 0 Å². The third-order valence-corrected chi connectivity index (χ3v) is 4.38. The maximum atomic E-state index is 5.76. The molecule has 0 saturated heterocycles. The van der Waals surface area contributed by atoms with Crippen molar-refractivity contribution in [2.75, 3.05) is 27.4 Å². The molecular formula is C21H32N4O3. The number of rotatable bonds is 11. The zero-order chi connectivity index (χ0) is 20.2. The van der Waals surface area contributed by atoms with Crippen molar-refractivity contribution in [3.05, 3.63) is 46.8 Å². The molecule has 2 N–H and O–H groups in total. The number of nitrogens with one attached hydrogen (secondary N) is 2. The van der Waals surface area contributed by atoms with E-state index < -0.39 is 0 Å². The maximum absolute atomic E-state index is 5.76. The molecule has 2 rings (SSSR count). The zero-order valence-corrected chi connectivity index (χ0v) is 17.4. The quantitative estimate of drug-likeness (QED) is 0.350. The summed E-state index contributed by atoms with van der Waals surface area (Å²) in [5, 5.41) is 10.8. The Morgan fingerprint density at radius 2 is 1.96 bits per heavy atom. The molecule has 0 aliphatic carbocycles. The minimum absolute atomic E-state index is 0.637. The average molecular weight is 389 g/mol. The van der Waals surface area contributed by atoms with Gasteiger partial charge in [-0.1, -0.05) is 31.1 Å². The van der Waals surface area contributed by atoms with Crippen LogP contribution >= 0.6 is 0 Å². The van der Waals surface area contributed by atoms with E-state index in [0.717, 1.165) is 53.6 Å². The Kier molecular flexibility index (Phi) is 9.34. The van der Waals surface area contributed by atoms with Crippen molar-refractivity contribution in [1.29, 1.82) is 0 Å². The van der Waals surface area contributed by atoms with Gasteiger partial charge in [-0.15, -0.1) is 0 Å². The van der Waals surface area contributed by atoms with Crippen LogP contribution in [0.3, 0.4) is 0 Å². The van der Waals surface area contributed by atoms with Gasteiger partial charge in [-0.05, 0) is 24.1 Å². The first-order chi connectivity index (χ1) is 13.7. The van der Waals surface area contributed by atoms with E-state index in [0.29, 0.717) is 26.3 Å². The van der Waals surface area contributed by atoms with Gasteiger partial charge in [0.2, 0.25) is 0 Å². The van der Waals surface area contributed by atoms with Gasteiger partial charge in [0.1, 0.15) is 11.5 Å². The number of aliphatic imine (C=N–C) groups is 1. The Hall–Kier alpha value is -2.54. The molecule has 0 radical (unpaired) electrons. The molecule has 0 aliphatic rings. The van der Waals surface area contributed by atoms with E-state index >= 15 is 0 Å². The first-order valence-electron chi connectivity index (χ1n) is 9.83. The standard InChI is InChI=1S/C21H32N4O3/c1-5-19-18(20(6-2)28-25-19)15-24-21(22-3)23-14-16-9-7-10-17(13-16)27-12-8-11-26-4/h7,9-10,13H,5-6,8,11-12,14-15H2,1-4H3,(H2,22,23,24). The SMILES string of the molecule is CCc1noc(CC)c1CNC(=NC)NCc1cccc(OCCCOC)c1. The van der Waals surface area contributed by atoms with Gasteiger partial charge in [0.25, 0.3) is 0 Å². The van der Waals surface area contributed by atoms with Crippen LogP contribution in [0.2, 0.25) is 0 Å². The lowest BCUT2D eigenvalue weighted by molar-refractivity contribution is 0.172. The number of hydrogen-bond donors (Lipinski definition) is 2. The van der Waals surface area contributed by atoms with Gasteiger partial charge in [-0.25, -0.2) is 0 Å². The molecule has 154 valence electrons. The molecule has 0 bridgehead atoms. The van der Waals surface area contributed by atoms with Crippen molar-refractivity contribution in [3.63, 3.8) is 0 Å². The predicted octanol–water partition coefficient (Wildman–Crippen LogP) is 3.08. The van der Waals surface area contributed by atoms with E-state index in [9.17, 15) is 0 Å². The Balaban J connectivity index is 1.86. The third-order valence-electron chi connectivity index (χ3n) is 4.38. The van der Waals surface area contributed by atoms with Crippen LogP contribution in [0.5, 0.6) is 5.75 Å². The topological polar surface area (TPSA) is 80.9 Å². The average Bonchev–Trinajstić information content (AvgIpc) is 3.13. The molecule has 28 heavy (non-hydrogen) atoms. The second kappa shape index (κ2) is 12.0. The Morgan fingerprint density at radius 1 is 1.14 bits per heavy atom. The summed E-state index contributed by atoms with van der Waals surface area (Å²) in [4.78, 5) is 4.30. The fraction of sp³-hybridized carbons (Fsp3) is 0.524. The first kappa shape index (κ1) is 21.8. The minimum Gasteiger partial charge on any atom is -0.493 e. The van der Waals surface area contributed by atoms with E-state index in [1.165, 1.54) is 0 Å². The number of aryl methyl sites for hydroxylation is 2. The lowest BCUT2D eigenvalue weighted by Gasteiger charge is -2.13. The van der Waals surface area contributed by atoms with E-state index in [-0.39, 0.29) is 0 Å². The highest BCUT2D eigenvalue weighted by molar-refractivity contribution is 5.79. The molecule has 2 aromatic rings. The number of hydrogen-bond acceptors (Lipinski definition) is 5. The molecule has 0 aliphatic heterocycles. The van der Waals surface area contributed by atoms with Crippen molar-refractivity contribution in [3.8, 4) is 5.75 Å². The lowest BCUT2D eigenvalue weighted by atomic mass is 10.1. The van der Waals surface area contributed by atoms with Crippen LogP contribution in [0.25, 0.3) is 0 Å². The van der Waals surface area contributed by atoms with Gasteiger partial charge >= 0.3 is 0 Å². The van der Waals surface area contributed by atoms with Crippen molar-refractivity contribution >= 4 is 5.96 Å². The summed E-state index contributed by atoms with van der Waals surface area (Å²) in [6, 6.07) is 8.06. The molecule has 0 saturated carbocycles. The number of nitrogens with zero attached hydrogens (tertiary/aromatic N) is 2. The fourth-order valence-electron chi connectivity index (χ4n) is 2.85. The smallest absolute Gasteiger partial charge is 0.191 e. The van der Waals surface area contributed by atoms with E-state index in [2.05, 4.69) is 40.7 Å². The molecule has 1 heterocycles. The first-order valence-corrected chi connectivity index (χ1v) is 9.83. The van der Waals surface area contributed by atoms with Crippen molar-refractivity contribution < 1.29 is 14.0 Å². The molecule has 7 heteroatoms. The van der Waals surface area contributed by atoms with Crippen LogP contribution in [-0.4, -0.2) is 38.5 Å². The molecular weight excluding hydrogens is 356 g/mol. The van der Waals surface area contributed by atoms with E-state index in [4.69, 9.17) is 14.0 Å². The number of benzene rings is 1. The van der Waals surface area contributed by atoms with E-state index in [1.54, 1.807) is 14.2 Å². The van der Waals surface area contributed by atoms with Gasteiger partial charge in [0, 0.05) is 52.3 Å². The predicted molar refractivity (Wildman–Crippen MR) is 111 cm³/mol. The van der Waals surface area contributed by atoms with Gasteiger partial charge < -0.3 is 24.6 Å². The second-order valence-corrected chi connectivity index (χ2v) is 6.36. The molecule has 0 unspecified atom stereocenters. The third kappa shape index (κ3) is 6.56. The number of ether oxygens (including phenoxy) is 2. The van der Waals surface area contributed by atoms with E-state index in [1.807, 2.05) is 18.2 Å². The largest absolute Gasteiger partial charge is 0.493 e. The molecule has 7 nitrogen and oxygen atoms in total. The van der Waals surface area contributed by atoms with Gasteiger partial charge in [-0.3, -0.25) is 4.99 Å². The lowest BCUT2D eigenvalue weighted by Crippen LogP contribution is -2.36. The van der Waals surface area contributed by atoms with Crippen molar-refractivity contribution in [2.45, 2.75) is 46.2 Å². The summed E-state index contributed by atoms with van der Waals surface area (Å²) in [7, 11) is 3.46. The number of methoxy groups -OCH3 is 1. The molecule has 1 aromatic heterocycles. The van der Waals surface area contributed by atoms with Crippen molar-refractivity contribution in [1.82, 2.24) is 15.8 Å². The summed E-state index contributed by atoms with van der Waals surface area (Å²) >= 11 is 0. The summed E-state index contributed by atoms with van der Waals surface area (Å²) < 4.78 is 16.2. The molecule has 0 fully saturated rings. The highest BCUT2D eigenvalue weighted by Gasteiger charge is 2.13. The Bertz CT molecular complexity index is 722. The summed E-state index contributed by atoms with van der Waals surface area (Å²) in [6.45, 7) is 6.79. The molecule has 0 spiro atoms. The van der Waals surface area contributed by atoms with Crippen LogP contribution in [-0.2, 0) is 30.7 Å². The minimum atomic E-state index is 0.637. The van der Waals surface area contributed by atoms with Crippen LogP contribution in [0, 0.1) is 0 Å². The zero-order valence-electron chi connectivity index (χ0n) is 17.4. The normalized spacial score (nSPS) is 11.5. The summed E-state index contributed by atoms with van der Waals surface area (Å²) in [5.41, 5.74) is 3.25. The molecule has 1 aromatic carbocycles. The Morgan fingerprint density at radius 3 is 2.68 bits per heavy atom. The van der Waals surface area contributed by atoms with Crippen LogP contribution in [0.1, 0.15) is 42.8 Å². The molecule has 0 amide bonds. The molecule has 0 atom stereocenters.